The van der Waals surface area contributed by atoms with Crippen LogP contribution in [0, 0.1) is 0 Å². The van der Waals surface area contributed by atoms with E-state index in [-0.39, 0.29) is 5.60 Å². The molecule has 0 unspecified atom stereocenters. The highest BCUT2D eigenvalue weighted by Crippen LogP contribution is 2.34. The van der Waals surface area contributed by atoms with Gasteiger partial charge in [-0.3, -0.25) is 0 Å². The summed E-state index contributed by atoms with van der Waals surface area (Å²) in [5.41, 5.74) is 0.304. The van der Waals surface area contributed by atoms with Gasteiger partial charge >= 0.3 is 0 Å². The standard InChI is InChI=1S/C12H25NO/c1-11(2,3)14-10-12(13(4)5)8-6-7-9-12/h6-10H2,1-5H3. The molecule has 1 aliphatic carbocycles. The maximum Gasteiger partial charge on any atom is 0.0657 e. The molecular weight excluding hydrogens is 174 g/mol. The number of likely N-dealkylation sites (N-methyl/N-ethyl adjacent to an activating group) is 1. The van der Waals surface area contributed by atoms with E-state index in [1.54, 1.807) is 0 Å². The third-order valence-electron chi connectivity index (χ3n) is 3.26. The lowest BCUT2D eigenvalue weighted by Crippen LogP contribution is -2.47. The number of hydrogen-bond donors (Lipinski definition) is 0. The van der Waals surface area contributed by atoms with Crippen LogP contribution in [0.3, 0.4) is 0 Å². The van der Waals surface area contributed by atoms with Gasteiger partial charge in [-0.15, -0.1) is 0 Å². The molecule has 0 amide bonds. The first kappa shape index (κ1) is 12.0. The summed E-state index contributed by atoms with van der Waals surface area (Å²) in [6, 6.07) is 0. The van der Waals surface area contributed by atoms with Gasteiger partial charge < -0.3 is 9.64 Å². The van der Waals surface area contributed by atoms with Crippen molar-refractivity contribution in [3.8, 4) is 0 Å². The fraction of sp³-hybridized carbons (Fsp3) is 1.00. The average molecular weight is 199 g/mol. The molecule has 0 radical (unpaired) electrons. The molecule has 1 saturated carbocycles. The molecule has 1 rings (SSSR count). The molecule has 1 fully saturated rings. The molecule has 2 nitrogen and oxygen atoms in total. The Balaban J connectivity index is 2.53. The van der Waals surface area contributed by atoms with Gasteiger partial charge in [-0.2, -0.15) is 0 Å². The zero-order chi connectivity index (χ0) is 10.8. The van der Waals surface area contributed by atoms with Crippen LogP contribution >= 0.6 is 0 Å². The third kappa shape index (κ3) is 2.96. The van der Waals surface area contributed by atoms with Crippen LogP contribution in [-0.2, 0) is 4.74 Å². The molecule has 0 heterocycles. The Labute approximate surface area is 88.6 Å². The fourth-order valence-electron chi connectivity index (χ4n) is 2.10. The Hall–Kier alpha value is -0.0800. The highest BCUT2D eigenvalue weighted by atomic mass is 16.5. The van der Waals surface area contributed by atoms with Gasteiger partial charge in [0.05, 0.1) is 12.2 Å². The Bertz CT molecular complexity index is 175. The summed E-state index contributed by atoms with van der Waals surface area (Å²) in [6.45, 7) is 7.27. The van der Waals surface area contributed by atoms with E-state index in [0.29, 0.717) is 5.54 Å². The normalized spacial score (nSPS) is 21.9. The van der Waals surface area contributed by atoms with Gasteiger partial charge in [0.15, 0.2) is 0 Å². The van der Waals surface area contributed by atoms with E-state index in [1.807, 2.05) is 0 Å². The molecule has 0 aromatic rings. The first-order chi connectivity index (χ1) is 6.36. The van der Waals surface area contributed by atoms with E-state index in [9.17, 15) is 0 Å². The quantitative estimate of drug-likeness (QED) is 0.693. The SMILES string of the molecule is CN(C)C1(COC(C)(C)C)CCCC1. The summed E-state index contributed by atoms with van der Waals surface area (Å²) in [5.74, 6) is 0. The van der Waals surface area contributed by atoms with Crippen LogP contribution in [0.5, 0.6) is 0 Å². The lowest BCUT2D eigenvalue weighted by atomic mass is 9.97. The first-order valence-corrected chi connectivity index (χ1v) is 5.67. The first-order valence-electron chi connectivity index (χ1n) is 5.67. The Kier molecular flexibility index (Phi) is 3.59. The highest BCUT2D eigenvalue weighted by molar-refractivity contribution is 4.92. The molecule has 0 atom stereocenters. The Morgan fingerprint density at radius 1 is 1.14 bits per heavy atom. The maximum atomic E-state index is 5.94. The van der Waals surface area contributed by atoms with Crippen molar-refractivity contribution < 1.29 is 4.74 Å². The molecule has 0 aliphatic heterocycles. The van der Waals surface area contributed by atoms with E-state index >= 15 is 0 Å². The van der Waals surface area contributed by atoms with Gasteiger partial charge in [0.1, 0.15) is 0 Å². The van der Waals surface area contributed by atoms with Crippen molar-refractivity contribution in [2.45, 2.75) is 57.6 Å². The summed E-state index contributed by atoms with van der Waals surface area (Å²) in [4.78, 5) is 2.35. The average Bonchev–Trinajstić information content (AvgIpc) is 2.48. The van der Waals surface area contributed by atoms with Crippen LogP contribution in [0.1, 0.15) is 46.5 Å². The van der Waals surface area contributed by atoms with E-state index in [0.717, 1.165) is 6.61 Å². The molecule has 0 bridgehead atoms. The van der Waals surface area contributed by atoms with Crippen molar-refractivity contribution in [1.82, 2.24) is 4.90 Å². The van der Waals surface area contributed by atoms with Crippen LogP contribution in [0.2, 0.25) is 0 Å². The number of rotatable bonds is 3. The van der Waals surface area contributed by atoms with Crippen LogP contribution in [0.4, 0.5) is 0 Å². The summed E-state index contributed by atoms with van der Waals surface area (Å²) in [6.07, 6.45) is 5.28. The largest absolute Gasteiger partial charge is 0.374 e. The van der Waals surface area contributed by atoms with Gasteiger partial charge in [-0.1, -0.05) is 12.8 Å². The minimum Gasteiger partial charge on any atom is -0.374 e. The molecule has 0 aromatic carbocycles. The lowest BCUT2D eigenvalue weighted by Gasteiger charge is -2.38. The molecular formula is C12H25NO. The molecule has 84 valence electrons. The van der Waals surface area contributed by atoms with Gasteiger partial charge in [0, 0.05) is 5.54 Å². The Morgan fingerprint density at radius 2 is 1.64 bits per heavy atom. The molecule has 0 N–H and O–H groups in total. The zero-order valence-corrected chi connectivity index (χ0v) is 10.4. The minimum absolute atomic E-state index is 0.00833. The molecule has 0 aromatic heterocycles. The van der Waals surface area contributed by atoms with Crippen molar-refractivity contribution >= 4 is 0 Å². The van der Waals surface area contributed by atoms with E-state index < -0.39 is 0 Å². The summed E-state index contributed by atoms with van der Waals surface area (Å²) < 4.78 is 5.94. The smallest absolute Gasteiger partial charge is 0.0657 e. The van der Waals surface area contributed by atoms with Gasteiger partial charge in [0.25, 0.3) is 0 Å². The fourth-order valence-corrected chi connectivity index (χ4v) is 2.10. The maximum absolute atomic E-state index is 5.94. The second-order valence-electron chi connectivity index (χ2n) is 5.73. The van der Waals surface area contributed by atoms with Crippen LogP contribution in [0.15, 0.2) is 0 Å². The highest BCUT2D eigenvalue weighted by Gasteiger charge is 2.37. The number of hydrogen-bond acceptors (Lipinski definition) is 2. The van der Waals surface area contributed by atoms with Crippen LogP contribution in [-0.4, -0.2) is 36.7 Å². The molecule has 0 saturated heterocycles. The summed E-state index contributed by atoms with van der Waals surface area (Å²) in [5, 5.41) is 0. The third-order valence-corrected chi connectivity index (χ3v) is 3.26. The minimum atomic E-state index is -0.00833. The summed E-state index contributed by atoms with van der Waals surface area (Å²) in [7, 11) is 4.36. The monoisotopic (exact) mass is 199 g/mol. The topological polar surface area (TPSA) is 12.5 Å². The molecule has 14 heavy (non-hydrogen) atoms. The van der Waals surface area contributed by atoms with Crippen molar-refractivity contribution in [3.05, 3.63) is 0 Å². The van der Waals surface area contributed by atoms with Crippen LogP contribution < -0.4 is 0 Å². The van der Waals surface area contributed by atoms with Crippen molar-refractivity contribution in [3.63, 3.8) is 0 Å². The second kappa shape index (κ2) is 4.19. The number of ether oxygens (including phenoxy) is 1. The van der Waals surface area contributed by atoms with E-state index in [4.69, 9.17) is 4.74 Å². The lowest BCUT2D eigenvalue weighted by molar-refractivity contribution is -0.0604. The van der Waals surface area contributed by atoms with Crippen molar-refractivity contribution in [2.75, 3.05) is 20.7 Å². The predicted molar refractivity (Wildman–Crippen MR) is 60.6 cm³/mol. The van der Waals surface area contributed by atoms with Gasteiger partial charge in [0.2, 0.25) is 0 Å². The van der Waals surface area contributed by atoms with Gasteiger partial charge in [-0.25, -0.2) is 0 Å². The number of nitrogens with zero attached hydrogens (tertiary/aromatic N) is 1. The second-order valence-corrected chi connectivity index (χ2v) is 5.73. The van der Waals surface area contributed by atoms with Gasteiger partial charge in [-0.05, 0) is 47.7 Å². The van der Waals surface area contributed by atoms with Crippen molar-refractivity contribution in [1.29, 1.82) is 0 Å². The Morgan fingerprint density at radius 3 is 2.00 bits per heavy atom. The molecule has 1 aliphatic rings. The molecule has 2 heteroatoms. The van der Waals surface area contributed by atoms with E-state index in [2.05, 4.69) is 39.8 Å². The van der Waals surface area contributed by atoms with Crippen LogP contribution in [0.25, 0.3) is 0 Å². The predicted octanol–water partition coefficient (Wildman–Crippen LogP) is 2.68. The summed E-state index contributed by atoms with van der Waals surface area (Å²) >= 11 is 0. The zero-order valence-electron chi connectivity index (χ0n) is 10.4. The van der Waals surface area contributed by atoms with Crippen molar-refractivity contribution in [2.24, 2.45) is 0 Å². The molecule has 0 spiro atoms. The van der Waals surface area contributed by atoms with E-state index in [1.165, 1.54) is 25.7 Å².